The van der Waals surface area contributed by atoms with Gasteiger partial charge in [0.15, 0.2) is 11.5 Å². The summed E-state index contributed by atoms with van der Waals surface area (Å²) in [6.45, 7) is 2.87. The van der Waals surface area contributed by atoms with Crippen LogP contribution >= 0.6 is 0 Å². The predicted molar refractivity (Wildman–Crippen MR) is 96.8 cm³/mol. The molecule has 142 valence electrons. The Bertz CT molecular complexity index is 893. The van der Waals surface area contributed by atoms with E-state index in [2.05, 4.69) is 0 Å². The Labute approximate surface area is 157 Å². The molecule has 0 spiro atoms. The minimum atomic E-state index is -0.152. The average Bonchev–Trinajstić information content (AvgIpc) is 3.27. The van der Waals surface area contributed by atoms with Crippen molar-refractivity contribution >= 4 is 0 Å². The lowest BCUT2D eigenvalue weighted by Crippen LogP contribution is -2.23. The van der Waals surface area contributed by atoms with E-state index in [9.17, 15) is 10.2 Å². The largest absolute Gasteiger partial charge is 0.508 e. The average molecular weight is 370 g/mol. The van der Waals surface area contributed by atoms with Crippen LogP contribution < -0.4 is 18.9 Å². The Morgan fingerprint density at radius 1 is 1.00 bits per heavy atom. The van der Waals surface area contributed by atoms with E-state index in [1.807, 2.05) is 25.1 Å². The molecule has 0 saturated carbocycles. The number of phenolic OH excluding ortho intramolecular Hbond substituents is 1. The Morgan fingerprint density at radius 2 is 1.81 bits per heavy atom. The zero-order valence-electron chi connectivity index (χ0n) is 15.1. The van der Waals surface area contributed by atoms with Gasteiger partial charge in [0.05, 0.1) is 12.5 Å². The highest BCUT2D eigenvalue weighted by Gasteiger charge is 2.42. The van der Waals surface area contributed by atoms with Crippen molar-refractivity contribution in [2.45, 2.75) is 31.8 Å². The summed E-state index contributed by atoms with van der Waals surface area (Å²) >= 11 is 0. The molecule has 3 atom stereocenters. The van der Waals surface area contributed by atoms with Gasteiger partial charge in [0.1, 0.15) is 23.4 Å². The van der Waals surface area contributed by atoms with Crippen LogP contribution in [0.25, 0.3) is 0 Å². The van der Waals surface area contributed by atoms with Crippen molar-refractivity contribution in [1.82, 2.24) is 0 Å². The van der Waals surface area contributed by atoms with Gasteiger partial charge in [-0.05, 0) is 36.5 Å². The van der Waals surface area contributed by atoms with Crippen LogP contribution in [0.5, 0.6) is 28.7 Å². The third-order valence-electron chi connectivity index (χ3n) is 5.68. The highest BCUT2D eigenvalue weighted by atomic mass is 16.7. The first-order valence-corrected chi connectivity index (χ1v) is 9.33. The number of fused-ring (bicyclic) bond motifs is 6. The molecule has 0 radical (unpaired) electrons. The summed E-state index contributed by atoms with van der Waals surface area (Å²) in [7, 11) is 0. The van der Waals surface area contributed by atoms with Gasteiger partial charge >= 0.3 is 0 Å². The minimum Gasteiger partial charge on any atom is -0.508 e. The zero-order valence-corrected chi connectivity index (χ0v) is 15.1. The van der Waals surface area contributed by atoms with Crippen LogP contribution in [0.1, 0.15) is 42.1 Å². The summed E-state index contributed by atoms with van der Waals surface area (Å²) < 4.78 is 23.2. The van der Waals surface area contributed by atoms with Crippen molar-refractivity contribution in [3.8, 4) is 28.7 Å². The summed E-state index contributed by atoms with van der Waals surface area (Å²) in [6.07, 6.45) is 1.35. The third kappa shape index (κ3) is 2.67. The standard InChI is InChI=1S/C21H22O6/c1-11(8-22)2-3-12-4-14-17(6-16(12)23)24-9-15-13-5-19-20(26-10-25-19)7-18(13)27-21(14)15/h4-7,11,15,21-23H,2-3,8-10H2,1H3/t11-,15-,21-/m0/s1. The van der Waals surface area contributed by atoms with E-state index in [0.29, 0.717) is 24.5 Å². The highest BCUT2D eigenvalue weighted by molar-refractivity contribution is 5.58. The zero-order chi connectivity index (χ0) is 18.5. The number of aryl methyl sites for hydroxylation is 1. The van der Waals surface area contributed by atoms with Gasteiger partial charge in [-0.2, -0.15) is 0 Å². The SMILES string of the molecule is C[C@H](CO)CCc1cc2c(cc1O)OC[C@H]1c3cc4c(cc3O[C@@H]21)OCO4. The number of benzene rings is 2. The molecule has 3 aliphatic rings. The van der Waals surface area contributed by atoms with Gasteiger partial charge in [0, 0.05) is 29.9 Å². The maximum Gasteiger partial charge on any atom is 0.231 e. The van der Waals surface area contributed by atoms with E-state index < -0.39 is 0 Å². The summed E-state index contributed by atoms with van der Waals surface area (Å²) in [5.74, 6) is 3.42. The second kappa shape index (κ2) is 6.23. The van der Waals surface area contributed by atoms with E-state index in [-0.39, 0.29) is 37.1 Å². The second-order valence-electron chi connectivity index (χ2n) is 7.54. The van der Waals surface area contributed by atoms with Crippen molar-refractivity contribution in [3.63, 3.8) is 0 Å². The predicted octanol–water partition coefficient (Wildman–Crippen LogP) is 3.29. The van der Waals surface area contributed by atoms with Crippen LogP contribution in [0, 0.1) is 5.92 Å². The Hall–Kier alpha value is -2.60. The molecule has 3 heterocycles. The number of aromatic hydroxyl groups is 1. The molecule has 2 aromatic carbocycles. The number of hydrogen-bond donors (Lipinski definition) is 2. The van der Waals surface area contributed by atoms with Crippen molar-refractivity contribution in [2.24, 2.45) is 5.92 Å². The minimum absolute atomic E-state index is 0.0794. The Morgan fingerprint density at radius 3 is 2.63 bits per heavy atom. The Balaban J connectivity index is 1.47. The lowest BCUT2D eigenvalue weighted by atomic mass is 9.87. The number of phenols is 1. The summed E-state index contributed by atoms with van der Waals surface area (Å²) in [5.41, 5.74) is 2.87. The fourth-order valence-corrected chi connectivity index (χ4v) is 4.02. The van der Waals surface area contributed by atoms with Gasteiger partial charge in [0.25, 0.3) is 0 Å². The normalized spacial score (nSPS) is 22.3. The van der Waals surface area contributed by atoms with E-state index in [1.54, 1.807) is 6.07 Å². The monoisotopic (exact) mass is 370 g/mol. The lowest BCUT2D eigenvalue weighted by molar-refractivity contribution is 0.138. The number of hydrogen-bond acceptors (Lipinski definition) is 6. The van der Waals surface area contributed by atoms with Gasteiger partial charge in [-0.1, -0.05) is 6.92 Å². The molecule has 0 saturated heterocycles. The van der Waals surface area contributed by atoms with Crippen LogP contribution in [0.3, 0.4) is 0 Å². The first-order chi connectivity index (χ1) is 13.1. The maximum atomic E-state index is 10.4. The summed E-state index contributed by atoms with van der Waals surface area (Å²) in [4.78, 5) is 0. The van der Waals surface area contributed by atoms with Gasteiger partial charge in [0.2, 0.25) is 6.79 Å². The van der Waals surface area contributed by atoms with Gasteiger partial charge in [-0.3, -0.25) is 0 Å². The maximum absolute atomic E-state index is 10.4. The molecule has 0 aliphatic carbocycles. The molecule has 0 fully saturated rings. The summed E-state index contributed by atoms with van der Waals surface area (Å²) in [5, 5.41) is 19.6. The van der Waals surface area contributed by atoms with Crippen molar-refractivity contribution in [3.05, 3.63) is 41.0 Å². The molecule has 0 aromatic heterocycles. The van der Waals surface area contributed by atoms with Crippen molar-refractivity contribution < 1.29 is 29.2 Å². The van der Waals surface area contributed by atoms with Crippen LogP contribution in [0.15, 0.2) is 24.3 Å². The molecular weight excluding hydrogens is 348 g/mol. The van der Waals surface area contributed by atoms with Gasteiger partial charge in [-0.25, -0.2) is 0 Å². The molecule has 6 heteroatoms. The first kappa shape index (κ1) is 16.6. The molecule has 27 heavy (non-hydrogen) atoms. The molecule has 2 aromatic rings. The van der Waals surface area contributed by atoms with Crippen molar-refractivity contribution in [1.29, 1.82) is 0 Å². The van der Waals surface area contributed by atoms with Gasteiger partial charge in [-0.15, -0.1) is 0 Å². The fourth-order valence-electron chi connectivity index (χ4n) is 4.02. The van der Waals surface area contributed by atoms with Crippen LogP contribution in [0.4, 0.5) is 0 Å². The number of rotatable bonds is 4. The van der Waals surface area contributed by atoms with Crippen molar-refractivity contribution in [2.75, 3.05) is 20.0 Å². The molecule has 0 amide bonds. The quantitative estimate of drug-likeness (QED) is 0.860. The fraction of sp³-hybridized carbons (Fsp3) is 0.429. The smallest absolute Gasteiger partial charge is 0.231 e. The number of aliphatic hydroxyl groups is 1. The molecule has 2 N–H and O–H groups in total. The topological polar surface area (TPSA) is 77.4 Å². The molecular formula is C21H22O6. The van der Waals surface area contributed by atoms with E-state index in [0.717, 1.165) is 34.6 Å². The molecule has 0 bridgehead atoms. The molecule has 0 unspecified atom stereocenters. The van der Waals surface area contributed by atoms with E-state index >= 15 is 0 Å². The van der Waals surface area contributed by atoms with Crippen LogP contribution in [0.2, 0.25) is 0 Å². The van der Waals surface area contributed by atoms with Crippen LogP contribution in [-0.2, 0) is 6.42 Å². The van der Waals surface area contributed by atoms with E-state index in [1.165, 1.54) is 0 Å². The van der Waals surface area contributed by atoms with Gasteiger partial charge < -0.3 is 29.2 Å². The first-order valence-electron chi connectivity index (χ1n) is 9.33. The number of aliphatic hydroxyl groups excluding tert-OH is 1. The highest BCUT2D eigenvalue weighted by Crippen LogP contribution is 2.54. The second-order valence-corrected chi connectivity index (χ2v) is 7.54. The van der Waals surface area contributed by atoms with Crippen LogP contribution in [-0.4, -0.2) is 30.2 Å². The molecule has 3 aliphatic heterocycles. The lowest BCUT2D eigenvalue weighted by Gasteiger charge is -2.28. The molecule has 6 nitrogen and oxygen atoms in total. The number of ether oxygens (including phenoxy) is 4. The van der Waals surface area contributed by atoms with E-state index in [4.69, 9.17) is 18.9 Å². The molecule has 5 rings (SSSR count). The third-order valence-corrected chi connectivity index (χ3v) is 5.68. The summed E-state index contributed by atoms with van der Waals surface area (Å²) in [6, 6.07) is 7.54. The Kier molecular flexibility index (Phi) is 3.82.